The van der Waals surface area contributed by atoms with Crippen LogP contribution in [-0.4, -0.2) is 33.4 Å². The molecule has 0 saturated carbocycles. The topological polar surface area (TPSA) is 129 Å². The highest BCUT2D eigenvalue weighted by Crippen LogP contribution is 2.15. The minimum Gasteiger partial charge on any atom is -0.399 e. The van der Waals surface area contributed by atoms with Crippen LogP contribution in [0.4, 0.5) is 5.69 Å². The number of nitro groups is 1. The summed E-state index contributed by atoms with van der Waals surface area (Å²) in [6.07, 6.45) is 1.16. The number of para-hydroxylation sites is 2. The van der Waals surface area contributed by atoms with Gasteiger partial charge in [-0.1, -0.05) is 24.3 Å². The first kappa shape index (κ1) is 18.7. The summed E-state index contributed by atoms with van der Waals surface area (Å²) < 4.78 is 0.938. The number of aromatic nitrogens is 2. The third-order valence-electron chi connectivity index (χ3n) is 3.75. The summed E-state index contributed by atoms with van der Waals surface area (Å²) in [7, 11) is 0. The summed E-state index contributed by atoms with van der Waals surface area (Å²) in [5, 5.41) is 15.0. The zero-order chi connectivity index (χ0) is 20.1. The number of amides is 1. The zero-order valence-corrected chi connectivity index (χ0v) is 14.7. The minimum atomic E-state index is -0.644. The Morgan fingerprint density at radius 2 is 2.00 bits per heavy atom. The molecule has 2 aromatic carbocycles. The van der Waals surface area contributed by atoms with Gasteiger partial charge < -0.3 is 4.84 Å². The van der Waals surface area contributed by atoms with Crippen molar-refractivity contribution in [2.75, 3.05) is 6.61 Å². The van der Waals surface area contributed by atoms with E-state index in [1.165, 1.54) is 18.2 Å². The van der Waals surface area contributed by atoms with Crippen LogP contribution >= 0.6 is 0 Å². The summed E-state index contributed by atoms with van der Waals surface area (Å²) in [4.78, 5) is 44.2. The molecule has 3 rings (SSSR count). The first-order valence-corrected chi connectivity index (χ1v) is 8.14. The maximum absolute atomic E-state index is 12.4. The van der Waals surface area contributed by atoms with Gasteiger partial charge in [0.05, 0.1) is 27.6 Å². The monoisotopic (exact) mass is 381 g/mol. The summed E-state index contributed by atoms with van der Waals surface area (Å²) in [5.74, 6) is -0.353. The Morgan fingerprint density at radius 3 is 2.79 bits per heavy atom. The van der Waals surface area contributed by atoms with Gasteiger partial charge in [0.1, 0.15) is 5.82 Å². The lowest BCUT2D eigenvalue weighted by molar-refractivity contribution is -0.385. The van der Waals surface area contributed by atoms with Gasteiger partial charge in [0.15, 0.2) is 6.61 Å². The van der Waals surface area contributed by atoms with Crippen LogP contribution in [0.2, 0.25) is 0 Å². The summed E-state index contributed by atoms with van der Waals surface area (Å²) >= 11 is 0. The number of hydrogen-bond acceptors (Lipinski definition) is 7. The van der Waals surface area contributed by atoms with Crippen LogP contribution in [0.25, 0.3) is 10.9 Å². The van der Waals surface area contributed by atoms with Gasteiger partial charge in [-0.15, -0.1) is 4.73 Å². The van der Waals surface area contributed by atoms with Gasteiger partial charge in [-0.3, -0.25) is 19.7 Å². The number of fused-ring (bicyclic) bond motifs is 1. The Labute approximate surface area is 158 Å². The molecule has 142 valence electrons. The van der Waals surface area contributed by atoms with Gasteiger partial charge in [-0.2, -0.15) is 5.10 Å². The predicted molar refractivity (Wildman–Crippen MR) is 101 cm³/mol. The van der Waals surface area contributed by atoms with Gasteiger partial charge in [-0.25, -0.2) is 10.4 Å². The number of nitrogens with one attached hydrogen (secondary N) is 1. The lowest BCUT2D eigenvalue weighted by Crippen LogP contribution is -2.35. The summed E-state index contributed by atoms with van der Waals surface area (Å²) in [5.41, 5.74) is 2.39. The molecular weight excluding hydrogens is 366 g/mol. The average molecular weight is 381 g/mol. The van der Waals surface area contributed by atoms with Crippen LogP contribution < -0.4 is 15.8 Å². The number of nitro benzene ring substituents is 1. The smallest absolute Gasteiger partial charge is 0.294 e. The summed E-state index contributed by atoms with van der Waals surface area (Å²) in [6.45, 7) is 1.09. The van der Waals surface area contributed by atoms with E-state index in [4.69, 9.17) is 4.84 Å². The molecule has 1 N–H and O–H groups in total. The van der Waals surface area contributed by atoms with Crippen LogP contribution in [0.1, 0.15) is 11.4 Å². The van der Waals surface area contributed by atoms with Crippen molar-refractivity contribution >= 4 is 28.7 Å². The largest absolute Gasteiger partial charge is 0.399 e. The third-order valence-corrected chi connectivity index (χ3v) is 3.75. The van der Waals surface area contributed by atoms with Crippen molar-refractivity contribution < 1.29 is 14.6 Å². The van der Waals surface area contributed by atoms with Crippen molar-refractivity contribution in [3.63, 3.8) is 0 Å². The highest BCUT2D eigenvalue weighted by molar-refractivity contribution is 5.86. The van der Waals surface area contributed by atoms with Crippen LogP contribution in [0.3, 0.4) is 0 Å². The Hall–Kier alpha value is -4.08. The van der Waals surface area contributed by atoms with E-state index in [1.54, 1.807) is 37.3 Å². The normalized spacial score (nSPS) is 10.9. The van der Waals surface area contributed by atoms with Crippen LogP contribution in [0.15, 0.2) is 58.4 Å². The lowest BCUT2D eigenvalue weighted by Gasteiger charge is -2.11. The number of aryl methyl sites for hydroxylation is 1. The molecule has 0 atom stereocenters. The molecule has 1 heterocycles. The maximum Gasteiger partial charge on any atom is 0.294 e. The Balaban J connectivity index is 1.66. The SMILES string of the molecule is Cc1nc2ccccc2c(=O)n1OCC(=O)NN=Cc1ccccc1[N+](=O)[O-]. The van der Waals surface area contributed by atoms with Gasteiger partial charge in [0, 0.05) is 6.07 Å². The van der Waals surface area contributed by atoms with E-state index in [1.807, 2.05) is 0 Å². The molecule has 3 aromatic rings. The molecule has 1 amide bonds. The van der Waals surface area contributed by atoms with Crippen LogP contribution in [0, 0.1) is 17.0 Å². The second-order valence-corrected chi connectivity index (χ2v) is 5.66. The van der Waals surface area contributed by atoms with Crippen molar-refractivity contribution in [3.8, 4) is 0 Å². The number of hydrazone groups is 1. The van der Waals surface area contributed by atoms with Crippen molar-refractivity contribution in [1.82, 2.24) is 15.1 Å². The fraction of sp³-hybridized carbons (Fsp3) is 0.111. The number of nitrogens with zero attached hydrogens (tertiary/aromatic N) is 4. The molecular formula is C18H15N5O5. The Morgan fingerprint density at radius 1 is 1.29 bits per heavy atom. The van der Waals surface area contributed by atoms with Crippen molar-refractivity contribution in [2.24, 2.45) is 5.10 Å². The molecule has 0 radical (unpaired) electrons. The van der Waals surface area contributed by atoms with Crippen LogP contribution in [-0.2, 0) is 4.79 Å². The lowest BCUT2D eigenvalue weighted by atomic mass is 10.2. The van der Waals surface area contributed by atoms with Gasteiger partial charge >= 0.3 is 0 Å². The van der Waals surface area contributed by atoms with E-state index in [2.05, 4.69) is 15.5 Å². The standard InChI is InChI=1S/C18H15N5O5/c1-12-20-15-8-4-3-7-14(15)18(25)22(12)28-11-17(24)21-19-10-13-6-2-5-9-16(13)23(26)27/h2-10H,11H2,1H3,(H,21,24). The van der Waals surface area contributed by atoms with E-state index in [0.717, 1.165) is 10.9 Å². The van der Waals surface area contributed by atoms with E-state index < -0.39 is 23.0 Å². The molecule has 0 aliphatic heterocycles. The van der Waals surface area contributed by atoms with E-state index in [9.17, 15) is 19.7 Å². The molecule has 0 aliphatic rings. The van der Waals surface area contributed by atoms with E-state index >= 15 is 0 Å². The quantitative estimate of drug-likeness (QED) is 0.388. The van der Waals surface area contributed by atoms with E-state index in [0.29, 0.717) is 16.7 Å². The number of carbonyl (C=O) groups is 1. The molecule has 10 heteroatoms. The number of hydrogen-bond donors (Lipinski definition) is 1. The molecule has 0 unspecified atom stereocenters. The second kappa shape index (κ2) is 8.08. The zero-order valence-electron chi connectivity index (χ0n) is 14.7. The molecule has 0 spiro atoms. The highest BCUT2D eigenvalue weighted by Gasteiger charge is 2.12. The van der Waals surface area contributed by atoms with E-state index in [-0.39, 0.29) is 11.3 Å². The fourth-order valence-electron chi connectivity index (χ4n) is 2.47. The van der Waals surface area contributed by atoms with Gasteiger partial charge in [0.2, 0.25) is 0 Å². The average Bonchev–Trinajstić information content (AvgIpc) is 2.68. The van der Waals surface area contributed by atoms with Crippen molar-refractivity contribution in [2.45, 2.75) is 6.92 Å². The maximum atomic E-state index is 12.4. The Bertz CT molecular complexity index is 1140. The van der Waals surface area contributed by atoms with Gasteiger partial charge in [0.25, 0.3) is 17.2 Å². The minimum absolute atomic E-state index is 0.138. The molecule has 1 aromatic heterocycles. The number of rotatable bonds is 6. The second-order valence-electron chi connectivity index (χ2n) is 5.66. The highest BCUT2D eigenvalue weighted by atomic mass is 16.7. The number of carbonyl (C=O) groups excluding carboxylic acids is 1. The fourth-order valence-corrected chi connectivity index (χ4v) is 2.47. The van der Waals surface area contributed by atoms with Crippen molar-refractivity contribution in [1.29, 1.82) is 0 Å². The molecule has 28 heavy (non-hydrogen) atoms. The molecule has 0 fully saturated rings. The first-order valence-electron chi connectivity index (χ1n) is 8.14. The summed E-state index contributed by atoms with van der Waals surface area (Å²) in [6, 6.07) is 12.7. The molecule has 10 nitrogen and oxygen atoms in total. The van der Waals surface area contributed by atoms with Gasteiger partial charge in [-0.05, 0) is 25.1 Å². The van der Waals surface area contributed by atoms with Crippen molar-refractivity contribution in [3.05, 3.63) is 80.4 Å². The molecule has 0 saturated heterocycles. The number of benzene rings is 2. The molecule has 0 aliphatic carbocycles. The third kappa shape index (κ3) is 4.01. The predicted octanol–water partition coefficient (Wildman–Crippen LogP) is 1.19. The first-order chi connectivity index (χ1) is 13.5. The Kier molecular flexibility index (Phi) is 5.40. The van der Waals surface area contributed by atoms with Crippen LogP contribution in [0.5, 0.6) is 0 Å². The molecule has 0 bridgehead atoms.